The second-order valence-corrected chi connectivity index (χ2v) is 9.70. The van der Waals surface area contributed by atoms with E-state index in [0.717, 1.165) is 15.7 Å². The maximum atomic E-state index is 13.3. The molecule has 9 heteroatoms. The molecular formula is C31H24ClN3O5. The number of ether oxygens (including phenoxy) is 1. The third kappa shape index (κ3) is 5.30. The number of nitrogens with one attached hydrogen (secondary N) is 2. The van der Waals surface area contributed by atoms with Crippen LogP contribution in [-0.4, -0.2) is 29.8 Å². The van der Waals surface area contributed by atoms with Crippen LogP contribution in [0.3, 0.4) is 0 Å². The summed E-state index contributed by atoms with van der Waals surface area (Å²) in [6, 6.07) is 25.8. The van der Waals surface area contributed by atoms with Gasteiger partial charge in [0.25, 0.3) is 17.7 Å². The molecule has 4 aromatic carbocycles. The molecular weight excluding hydrogens is 530 g/mol. The summed E-state index contributed by atoms with van der Waals surface area (Å²) >= 11 is 6.29. The first kappa shape index (κ1) is 26.6. The maximum absolute atomic E-state index is 13.3. The Morgan fingerprint density at radius 3 is 2.33 bits per heavy atom. The maximum Gasteiger partial charge on any atom is 0.338 e. The summed E-state index contributed by atoms with van der Waals surface area (Å²) in [4.78, 5) is 52.5. The number of hydrogen-bond donors (Lipinski definition) is 2. The molecule has 0 fully saturated rings. The number of carbonyl (C=O) groups excluding carboxylic acids is 4. The minimum absolute atomic E-state index is 0.145. The lowest BCUT2D eigenvalue weighted by Gasteiger charge is -2.16. The highest BCUT2D eigenvalue weighted by atomic mass is 35.5. The van der Waals surface area contributed by atoms with Crippen molar-refractivity contribution in [2.45, 2.75) is 20.0 Å². The van der Waals surface area contributed by atoms with E-state index in [-0.39, 0.29) is 34.0 Å². The summed E-state index contributed by atoms with van der Waals surface area (Å²) in [5, 5.41) is 7.40. The van der Waals surface area contributed by atoms with Crippen molar-refractivity contribution < 1.29 is 23.9 Å². The summed E-state index contributed by atoms with van der Waals surface area (Å²) in [7, 11) is 0. The Bertz CT molecular complexity index is 1710. The molecule has 1 aliphatic heterocycles. The van der Waals surface area contributed by atoms with E-state index in [2.05, 4.69) is 10.6 Å². The Morgan fingerprint density at radius 1 is 0.825 bits per heavy atom. The lowest BCUT2D eigenvalue weighted by atomic mass is 10.1. The Balaban J connectivity index is 1.35. The first-order chi connectivity index (χ1) is 19.2. The molecule has 0 atom stereocenters. The van der Waals surface area contributed by atoms with Gasteiger partial charge in [0.1, 0.15) is 10.7 Å². The van der Waals surface area contributed by atoms with Gasteiger partial charge in [-0.2, -0.15) is 0 Å². The van der Waals surface area contributed by atoms with E-state index in [1.165, 1.54) is 18.2 Å². The van der Waals surface area contributed by atoms with Gasteiger partial charge in [0.15, 0.2) is 0 Å². The molecule has 0 spiro atoms. The standard InChI is InChI=1S/C31H24ClN3O5/c1-18(2)40-31(39)21-11-6-13-23(17-21)35-29(37)26(32)27(30(35)38)33-22-12-5-10-20(16-22)28(36)34-25-15-7-9-19-8-3-4-14-24(19)25/h3-18,33H,1-2H3,(H,34,36). The van der Waals surface area contributed by atoms with Crippen LogP contribution in [-0.2, 0) is 14.3 Å². The van der Waals surface area contributed by atoms with Gasteiger partial charge in [0.05, 0.1) is 17.4 Å². The number of rotatable bonds is 7. The van der Waals surface area contributed by atoms with Crippen molar-refractivity contribution in [3.05, 3.63) is 113 Å². The molecule has 0 saturated heterocycles. The summed E-state index contributed by atoms with van der Waals surface area (Å²) in [5.74, 6) is -2.36. The van der Waals surface area contributed by atoms with Crippen LogP contribution in [0.25, 0.3) is 10.8 Å². The summed E-state index contributed by atoms with van der Waals surface area (Å²) < 4.78 is 5.21. The van der Waals surface area contributed by atoms with Crippen LogP contribution < -0.4 is 15.5 Å². The lowest BCUT2D eigenvalue weighted by molar-refractivity contribution is -0.120. The van der Waals surface area contributed by atoms with E-state index < -0.39 is 17.8 Å². The summed E-state index contributed by atoms with van der Waals surface area (Å²) in [6.07, 6.45) is -0.331. The van der Waals surface area contributed by atoms with Crippen LogP contribution in [0.1, 0.15) is 34.6 Å². The van der Waals surface area contributed by atoms with Gasteiger partial charge in [0.2, 0.25) is 0 Å². The predicted molar refractivity (Wildman–Crippen MR) is 154 cm³/mol. The number of carbonyl (C=O) groups is 4. The van der Waals surface area contributed by atoms with Crippen LogP contribution in [0.4, 0.5) is 17.1 Å². The molecule has 3 amide bonds. The van der Waals surface area contributed by atoms with Crippen LogP contribution in [0.15, 0.2) is 102 Å². The number of esters is 1. The van der Waals surface area contributed by atoms with Crippen molar-refractivity contribution in [2.75, 3.05) is 15.5 Å². The average molecular weight is 554 g/mol. The van der Waals surface area contributed by atoms with Crippen LogP contribution >= 0.6 is 11.6 Å². The molecule has 1 heterocycles. The second-order valence-electron chi connectivity index (χ2n) is 9.33. The fraction of sp³-hybridized carbons (Fsp3) is 0.0968. The molecule has 5 rings (SSSR count). The monoisotopic (exact) mass is 553 g/mol. The number of fused-ring (bicyclic) bond motifs is 1. The van der Waals surface area contributed by atoms with Crippen molar-refractivity contribution in [2.24, 2.45) is 0 Å². The molecule has 1 aliphatic rings. The molecule has 0 bridgehead atoms. The highest BCUT2D eigenvalue weighted by Gasteiger charge is 2.39. The van der Waals surface area contributed by atoms with Gasteiger partial charge in [-0.1, -0.05) is 60.1 Å². The molecule has 40 heavy (non-hydrogen) atoms. The fourth-order valence-corrected chi connectivity index (χ4v) is 4.52. The number of anilines is 3. The zero-order chi connectivity index (χ0) is 28.4. The third-order valence-electron chi connectivity index (χ3n) is 6.14. The highest BCUT2D eigenvalue weighted by Crippen LogP contribution is 2.31. The quantitative estimate of drug-likeness (QED) is 0.212. The van der Waals surface area contributed by atoms with E-state index >= 15 is 0 Å². The number of amides is 3. The number of halogens is 1. The topological polar surface area (TPSA) is 105 Å². The second kappa shape index (κ2) is 11.0. The molecule has 0 aromatic heterocycles. The minimum Gasteiger partial charge on any atom is -0.459 e. The summed E-state index contributed by atoms with van der Waals surface area (Å²) in [6.45, 7) is 3.44. The van der Waals surface area contributed by atoms with Crippen molar-refractivity contribution in [1.82, 2.24) is 0 Å². The van der Waals surface area contributed by atoms with Crippen LogP contribution in [0.5, 0.6) is 0 Å². The molecule has 0 aliphatic carbocycles. The smallest absolute Gasteiger partial charge is 0.338 e. The Morgan fingerprint density at radius 2 is 1.52 bits per heavy atom. The molecule has 0 saturated carbocycles. The predicted octanol–water partition coefficient (Wildman–Crippen LogP) is 6.09. The largest absolute Gasteiger partial charge is 0.459 e. The van der Waals surface area contributed by atoms with E-state index in [0.29, 0.717) is 16.9 Å². The van der Waals surface area contributed by atoms with E-state index in [1.807, 2.05) is 42.5 Å². The van der Waals surface area contributed by atoms with Gasteiger partial charge in [-0.25, -0.2) is 9.69 Å². The number of benzene rings is 4. The Kier molecular flexibility index (Phi) is 7.35. The number of imide groups is 1. The lowest BCUT2D eigenvalue weighted by Crippen LogP contribution is -2.32. The van der Waals surface area contributed by atoms with Crippen LogP contribution in [0.2, 0.25) is 0 Å². The van der Waals surface area contributed by atoms with Crippen molar-refractivity contribution in [1.29, 1.82) is 0 Å². The van der Waals surface area contributed by atoms with Gasteiger partial charge < -0.3 is 15.4 Å². The molecule has 2 N–H and O–H groups in total. The van der Waals surface area contributed by atoms with Crippen molar-refractivity contribution in [3.63, 3.8) is 0 Å². The average Bonchev–Trinajstić information content (AvgIpc) is 3.16. The van der Waals surface area contributed by atoms with Gasteiger partial charge in [0, 0.05) is 22.3 Å². The zero-order valence-electron chi connectivity index (χ0n) is 21.6. The van der Waals surface area contributed by atoms with Crippen molar-refractivity contribution in [3.8, 4) is 0 Å². The normalized spacial score (nSPS) is 13.2. The Labute approximate surface area is 235 Å². The minimum atomic E-state index is -0.742. The van der Waals surface area contributed by atoms with E-state index in [1.54, 1.807) is 44.2 Å². The molecule has 4 aromatic rings. The highest BCUT2D eigenvalue weighted by molar-refractivity contribution is 6.53. The first-order valence-electron chi connectivity index (χ1n) is 12.5. The van der Waals surface area contributed by atoms with E-state index in [4.69, 9.17) is 16.3 Å². The molecule has 0 radical (unpaired) electrons. The number of nitrogens with zero attached hydrogens (tertiary/aromatic N) is 1. The zero-order valence-corrected chi connectivity index (χ0v) is 22.4. The summed E-state index contributed by atoms with van der Waals surface area (Å²) in [5.41, 5.74) is 1.60. The van der Waals surface area contributed by atoms with Crippen molar-refractivity contribution >= 4 is 63.1 Å². The Hall–Kier alpha value is -4.95. The van der Waals surface area contributed by atoms with Gasteiger partial charge in [-0.3, -0.25) is 14.4 Å². The molecule has 0 unspecified atom stereocenters. The fourth-order valence-electron chi connectivity index (χ4n) is 4.31. The number of hydrogen-bond acceptors (Lipinski definition) is 6. The van der Waals surface area contributed by atoms with Gasteiger partial charge in [-0.05, 0) is 61.7 Å². The van der Waals surface area contributed by atoms with Gasteiger partial charge >= 0.3 is 5.97 Å². The SMILES string of the molecule is CC(C)OC(=O)c1cccc(N2C(=O)C(Cl)=C(Nc3cccc(C(=O)Nc4cccc5ccccc45)c3)C2=O)c1. The van der Waals surface area contributed by atoms with Crippen LogP contribution in [0, 0.1) is 0 Å². The van der Waals surface area contributed by atoms with Gasteiger partial charge in [-0.15, -0.1) is 0 Å². The molecule has 200 valence electrons. The first-order valence-corrected chi connectivity index (χ1v) is 12.9. The molecule has 8 nitrogen and oxygen atoms in total. The third-order valence-corrected chi connectivity index (χ3v) is 6.49. The van der Waals surface area contributed by atoms with E-state index in [9.17, 15) is 19.2 Å².